The van der Waals surface area contributed by atoms with E-state index in [1.54, 1.807) is 0 Å². The summed E-state index contributed by atoms with van der Waals surface area (Å²) in [6.07, 6.45) is 0. The maximum Gasteiger partial charge on any atom is 0.230 e. The van der Waals surface area contributed by atoms with E-state index >= 15 is 0 Å². The number of rotatable bonds is 7. The summed E-state index contributed by atoms with van der Waals surface area (Å²) in [4.78, 5) is 12.4. The summed E-state index contributed by atoms with van der Waals surface area (Å²) in [5.74, 6) is 1.47. The van der Waals surface area contributed by atoms with Gasteiger partial charge in [0.1, 0.15) is 0 Å². The van der Waals surface area contributed by atoms with E-state index in [0.29, 0.717) is 16.8 Å². The normalized spacial score (nSPS) is 12.2. The van der Waals surface area contributed by atoms with Crippen LogP contribution in [0.4, 0.5) is 0 Å². The van der Waals surface area contributed by atoms with E-state index in [9.17, 15) is 4.79 Å². The number of amides is 1. The predicted molar refractivity (Wildman–Crippen MR) is 119 cm³/mol. The largest absolute Gasteiger partial charge is 0.353 e. The lowest BCUT2D eigenvalue weighted by molar-refractivity contribution is -0.119. The van der Waals surface area contributed by atoms with Crippen molar-refractivity contribution in [1.29, 1.82) is 0 Å². The van der Waals surface area contributed by atoms with Gasteiger partial charge in [-0.3, -0.25) is 9.36 Å². The molecule has 1 aromatic heterocycles. The van der Waals surface area contributed by atoms with Gasteiger partial charge < -0.3 is 5.32 Å². The van der Waals surface area contributed by atoms with E-state index < -0.39 is 0 Å². The van der Waals surface area contributed by atoms with E-state index in [-0.39, 0.29) is 11.9 Å². The molecule has 1 amide bonds. The number of benzene rings is 2. The van der Waals surface area contributed by atoms with Crippen LogP contribution in [0.5, 0.6) is 0 Å². The lowest BCUT2D eigenvalue weighted by Crippen LogP contribution is -2.37. The standard InChI is InChI=1S/C23H28N4OS/c1-15(2)18(5)24-21(28)14-29-23-26-25-22(19-9-7-6-8-10-19)27(23)20-12-11-16(3)17(4)13-20/h6-13,15,18H,14H2,1-5H3,(H,24,28). The Bertz CT molecular complexity index is 982. The van der Waals surface area contributed by atoms with E-state index in [0.717, 1.165) is 17.1 Å². The first-order valence-corrected chi connectivity index (χ1v) is 10.9. The smallest absolute Gasteiger partial charge is 0.230 e. The van der Waals surface area contributed by atoms with Crippen LogP contribution in [0.25, 0.3) is 17.1 Å². The fraction of sp³-hybridized carbons (Fsp3) is 0.348. The Balaban J connectivity index is 1.92. The van der Waals surface area contributed by atoms with Crippen LogP contribution >= 0.6 is 11.8 Å². The molecule has 0 aliphatic carbocycles. The summed E-state index contributed by atoms with van der Waals surface area (Å²) in [6.45, 7) is 10.4. The van der Waals surface area contributed by atoms with Gasteiger partial charge in [0.25, 0.3) is 0 Å². The molecule has 0 bridgehead atoms. The molecule has 0 aliphatic rings. The molecular weight excluding hydrogens is 380 g/mol. The summed E-state index contributed by atoms with van der Waals surface area (Å²) in [5.41, 5.74) is 4.42. The molecule has 1 atom stereocenters. The van der Waals surface area contributed by atoms with Gasteiger partial charge in [-0.1, -0.05) is 62.0 Å². The molecule has 1 heterocycles. The van der Waals surface area contributed by atoms with Gasteiger partial charge in [-0.05, 0) is 49.9 Å². The van der Waals surface area contributed by atoms with Crippen molar-refractivity contribution in [1.82, 2.24) is 20.1 Å². The van der Waals surface area contributed by atoms with Gasteiger partial charge in [-0.15, -0.1) is 10.2 Å². The van der Waals surface area contributed by atoms with Crippen molar-refractivity contribution in [3.05, 3.63) is 59.7 Å². The maximum absolute atomic E-state index is 12.4. The van der Waals surface area contributed by atoms with Gasteiger partial charge in [0.15, 0.2) is 11.0 Å². The van der Waals surface area contributed by atoms with Gasteiger partial charge in [0, 0.05) is 11.6 Å². The molecule has 0 fully saturated rings. The van der Waals surface area contributed by atoms with E-state index in [1.807, 2.05) is 41.8 Å². The van der Waals surface area contributed by atoms with Gasteiger partial charge in [-0.2, -0.15) is 0 Å². The highest BCUT2D eigenvalue weighted by Gasteiger charge is 2.18. The van der Waals surface area contributed by atoms with Crippen molar-refractivity contribution in [2.45, 2.75) is 45.8 Å². The lowest BCUT2D eigenvalue weighted by Gasteiger charge is -2.17. The van der Waals surface area contributed by atoms with Crippen LogP contribution in [0.15, 0.2) is 53.7 Å². The highest BCUT2D eigenvalue weighted by atomic mass is 32.2. The lowest BCUT2D eigenvalue weighted by atomic mass is 10.1. The molecule has 0 radical (unpaired) electrons. The van der Waals surface area contributed by atoms with Crippen molar-refractivity contribution in [2.75, 3.05) is 5.75 Å². The third-order valence-electron chi connectivity index (χ3n) is 5.14. The molecule has 1 N–H and O–H groups in total. The van der Waals surface area contributed by atoms with Crippen LogP contribution in [0.3, 0.4) is 0 Å². The highest BCUT2D eigenvalue weighted by Crippen LogP contribution is 2.28. The van der Waals surface area contributed by atoms with E-state index in [2.05, 4.69) is 61.4 Å². The van der Waals surface area contributed by atoms with E-state index in [1.165, 1.54) is 22.9 Å². The van der Waals surface area contributed by atoms with Gasteiger partial charge in [0.05, 0.1) is 11.4 Å². The van der Waals surface area contributed by atoms with Gasteiger partial charge >= 0.3 is 0 Å². The van der Waals surface area contributed by atoms with Crippen LogP contribution in [-0.4, -0.2) is 32.5 Å². The van der Waals surface area contributed by atoms with E-state index in [4.69, 9.17) is 0 Å². The second-order valence-corrected chi connectivity index (χ2v) is 8.61. The summed E-state index contributed by atoms with van der Waals surface area (Å²) in [5, 5.41) is 12.6. The fourth-order valence-electron chi connectivity index (χ4n) is 2.83. The van der Waals surface area contributed by atoms with Crippen LogP contribution < -0.4 is 5.32 Å². The third-order valence-corrected chi connectivity index (χ3v) is 6.06. The molecule has 29 heavy (non-hydrogen) atoms. The Hall–Kier alpha value is -2.60. The zero-order valence-electron chi connectivity index (χ0n) is 17.6. The number of hydrogen-bond acceptors (Lipinski definition) is 4. The molecule has 2 aromatic carbocycles. The molecule has 0 spiro atoms. The summed E-state index contributed by atoms with van der Waals surface area (Å²) >= 11 is 1.41. The number of carbonyl (C=O) groups excluding carboxylic acids is 1. The minimum atomic E-state index is 0.00657. The molecule has 152 valence electrons. The molecule has 3 aromatic rings. The number of carbonyl (C=O) groups is 1. The SMILES string of the molecule is Cc1ccc(-n2c(SCC(=O)NC(C)C(C)C)nnc2-c2ccccc2)cc1C. The van der Waals surface area contributed by atoms with Crippen LogP contribution in [-0.2, 0) is 4.79 Å². The van der Waals surface area contributed by atoms with Crippen LogP contribution in [0.2, 0.25) is 0 Å². The Morgan fingerprint density at radius 2 is 1.76 bits per heavy atom. The minimum Gasteiger partial charge on any atom is -0.353 e. The first-order chi connectivity index (χ1) is 13.9. The number of aromatic nitrogens is 3. The number of nitrogens with one attached hydrogen (secondary N) is 1. The molecule has 1 unspecified atom stereocenters. The van der Waals surface area contributed by atoms with Crippen molar-refractivity contribution in [3.8, 4) is 17.1 Å². The highest BCUT2D eigenvalue weighted by molar-refractivity contribution is 7.99. The Kier molecular flexibility index (Phi) is 6.75. The summed E-state index contributed by atoms with van der Waals surface area (Å²) in [7, 11) is 0. The number of aryl methyl sites for hydroxylation is 2. The Morgan fingerprint density at radius 3 is 2.41 bits per heavy atom. The molecule has 0 saturated carbocycles. The third kappa shape index (κ3) is 5.07. The summed E-state index contributed by atoms with van der Waals surface area (Å²) in [6, 6.07) is 16.4. The average Bonchev–Trinajstić information content (AvgIpc) is 3.13. The second kappa shape index (κ2) is 9.27. The quantitative estimate of drug-likeness (QED) is 0.570. The van der Waals surface area contributed by atoms with Crippen molar-refractivity contribution >= 4 is 17.7 Å². The zero-order chi connectivity index (χ0) is 21.0. The van der Waals surface area contributed by atoms with Crippen LogP contribution in [0.1, 0.15) is 31.9 Å². The first kappa shape index (κ1) is 21.1. The Labute approximate surface area is 176 Å². The fourth-order valence-corrected chi connectivity index (χ4v) is 3.59. The van der Waals surface area contributed by atoms with Crippen molar-refractivity contribution < 1.29 is 4.79 Å². The molecule has 6 heteroatoms. The monoisotopic (exact) mass is 408 g/mol. The summed E-state index contributed by atoms with van der Waals surface area (Å²) < 4.78 is 2.03. The number of nitrogens with zero attached hydrogens (tertiary/aromatic N) is 3. The van der Waals surface area contributed by atoms with Crippen LogP contribution in [0, 0.1) is 19.8 Å². The Morgan fingerprint density at radius 1 is 1.03 bits per heavy atom. The first-order valence-electron chi connectivity index (χ1n) is 9.87. The topological polar surface area (TPSA) is 59.8 Å². The molecule has 0 aliphatic heterocycles. The predicted octanol–water partition coefficient (Wildman–Crippen LogP) is 4.80. The van der Waals surface area contributed by atoms with Crippen molar-refractivity contribution in [3.63, 3.8) is 0 Å². The number of thioether (sulfide) groups is 1. The molecular formula is C23H28N4OS. The van der Waals surface area contributed by atoms with Gasteiger partial charge in [-0.25, -0.2) is 0 Å². The maximum atomic E-state index is 12.4. The molecule has 5 nitrogen and oxygen atoms in total. The van der Waals surface area contributed by atoms with Gasteiger partial charge in [0.2, 0.25) is 5.91 Å². The molecule has 3 rings (SSSR count). The minimum absolute atomic E-state index is 0.00657. The second-order valence-electron chi connectivity index (χ2n) is 7.67. The zero-order valence-corrected chi connectivity index (χ0v) is 18.5. The molecule has 0 saturated heterocycles. The number of hydrogen-bond donors (Lipinski definition) is 1. The van der Waals surface area contributed by atoms with Crippen molar-refractivity contribution in [2.24, 2.45) is 5.92 Å². The average molecular weight is 409 g/mol.